The zero-order valence-corrected chi connectivity index (χ0v) is 52.0. The average Bonchev–Trinajstić information content (AvgIpc) is 3.43. The molecular weight excluding hydrogens is 947 g/mol. The SMILES string of the molecule is CCCCCCCC/C=C\CCCCCCCCCCCC(=O)OCCCCCCCCCCCCCC/C=C\CCCCCCCCCCCCCC(=O)NC(CO)C(O)/C=C/CCCCCCCCCCCCCC. The van der Waals surface area contributed by atoms with Crippen LogP contribution in [0.5, 0.6) is 0 Å². The fraction of sp³-hybridized carbons (Fsp3) is 0.887. The molecule has 454 valence electrons. The number of aliphatic hydroxyl groups is 2. The summed E-state index contributed by atoms with van der Waals surface area (Å²) in [4.78, 5) is 24.6. The summed E-state index contributed by atoms with van der Waals surface area (Å²) in [5.41, 5.74) is 0. The number of rotatable bonds is 65. The van der Waals surface area contributed by atoms with Crippen molar-refractivity contribution in [1.29, 1.82) is 0 Å². The molecule has 2 unspecified atom stereocenters. The van der Waals surface area contributed by atoms with Crippen molar-refractivity contribution in [2.75, 3.05) is 13.2 Å². The molecule has 0 aromatic heterocycles. The van der Waals surface area contributed by atoms with Crippen LogP contribution in [0.25, 0.3) is 0 Å². The van der Waals surface area contributed by atoms with Crippen molar-refractivity contribution in [2.45, 2.75) is 392 Å². The highest BCUT2D eigenvalue weighted by Crippen LogP contribution is 2.18. The number of ether oxygens (including phenoxy) is 1. The Bertz CT molecular complexity index is 1250. The first-order chi connectivity index (χ1) is 38.0. The van der Waals surface area contributed by atoms with E-state index in [0.29, 0.717) is 19.4 Å². The van der Waals surface area contributed by atoms with Crippen molar-refractivity contribution in [1.82, 2.24) is 5.32 Å². The second-order valence-corrected chi connectivity index (χ2v) is 23.9. The van der Waals surface area contributed by atoms with Gasteiger partial charge in [0, 0.05) is 12.8 Å². The highest BCUT2D eigenvalue weighted by Gasteiger charge is 2.18. The third-order valence-electron chi connectivity index (χ3n) is 16.1. The zero-order valence-electron chi connectivity index (χ0n) is 52.0. The van der Waals surface area contributed by atoms with Gasteiger partial charge in [-0.15, -0.1) is 0 Å². The van der Waals surface area contributed by atoms with E-state index in [2.05, 4.69) is 43.5 Å². The fourth-order valence-corrected chi connectivity index (χ4v) is 10.8. The topological polar surface area (TPSA) is 95.9 Å². The number of carbonyl (C=O) groups excluding carboxylic acids is 2. The summed E-state index contributed by atoms with van der Waals surface area (Å²) in [7, 11) is 0. The average molecular weight is 1080 g/mol. The number of nitrogens with one attached hydrogen (secondary N) is 1. The Kier molecular flexibility index (Phi) is 64.9. The van der Waals surface area contributed by atoms with Crippen LogP contribution in [0.1, 0.15) is 380 Å². The van der Waals surface area contributed by atoms with Crippen molar-refractivity contribution in [3.05, 3.63) is 36.5 Å². The predicted molar refractivity (Wildman–Crippen MR) is 338 cm³/mol. The number of allylic oxidation sites excluding steroid dienone is 5. The van der Waals surface area contributed by atoms with E-state index in [-0.39, 0.29) is 18.5 Å². The number of esters is 1. The Labute approximate surface area is 481 Å². The summed E-state index contributed by atoms with van der Waals surface area (Å²) in [6, 6.07) is -0.628. The molecule has 3 N–H and O–H groups in total. The van der Waals surface area contributed by atoms with Gasteiger partial charge in [0.2, 0.25) is 5.91 Å². The van der Waals surface area contributed by atoms with Gasteiger partial charge in [-0.2, -0.15) is 0 Å². The molecule has 0 fully saturated rings. The van der Waals surface area contributed by atoms with Crippen molar-refractivity contribution in [2.24, 2.45) is 0 Å². The van der Waals surface area contributed by atoms with Crippen LogP contribution in [0.3, 0.4) is 0 Å². The van der Waals surface area contributed by atoms with Crippen LogP contribution < -0.4 is 5.32 Å². The summed E-state index contributed by atoms with van der Waals surface area (Å²) in [6.07, 6.45) is 85.0. The summed E-state index contributed by atoms with van der Waals surface area (Å²) < 4.78 is 5.51. The molecule has 0 radical (unpaired) electrons. The zero-order chi connectivity index (χ0) is 55.7. The largest absolute Gasteiger partial charge is 0.466 e. The minimum absolute atomic E-state index is 0.0147. The van der Waals surface area contributed by atoms with E-state index in [4.69, 9.17) is 4.74 Å². The normalized spacial score (nSPS) is 12.7. The van der Waals surface area contributed by atoms with Gasteiger partial charge in [-0.1, -0.05) is 320 Å². The fourth-order valence-electron chi connectivity index (χ4n) is 10.8. The molecule has 0 rings (SSSR count). The lowest BCUT2D eigenvalue weighted by Crippen LogP contribution is -2.45. The van der Waals surface area contributed by atoms with Crippen molar-refractivity contribution < 1.29 is 24.5 Å². The number of hydrogen-bond donors (Lipinski definition) is 3. The van der Waals surface area contributed by atoms with Gasteiger partial charge in [0.25, 0.3) is 0 Å². The minimum Gasteiger partial charge on any atom is -0.466 e. The summed E-state index contributed by atoms with van der Waals surface area (Å²) in [6.45, 7) is 4.92. The highest BCUT2D eigenvalue weighted by atomic mass is 16.5. The van der Waals surface area contributed by atoms with Crippen molar-refractivity contribution in [3.8, 4) is 0 Å². The van der Waals surface area contributed by atoms with Gasteiger partial charge < -0.3 is 20.3 Å². The van der Waals surface area contributed by atoms with Crippen molar-refractivity contribution >= 4 is 11.9 Å². The molecule has 0 bridgehead atoms. The van der Waals surface area contributed by atoms with Gasteiger partial charge in [0.05, 0.1) is 25.4 Å². The number of amides is 1. The molecule has 0 aliphatic carbocycles. The van der Waals surface area contributed by atoms with Gasteiger partial charge >= 0.3 is 5.97 Å². The monoisotopic (exact) mass is 1080 g/mol. The molecule has 0 saturated heterocycles. The molecule has 0 spiro atoms. The molecule has 0 aliphatic heterocycles. The Balaban J connectivity index is 3.38. The highest BCUT2D eigenvalue weighted by molar-refractivity contribution is 5.76. The Hall–Kier alpha value is -1.92. The smallest absolute Gasteiger partial charge is 0.305 e. The van der Waals surface area contributed by atoms with E-state index < -0.39 is 12.1 Å². The lowest BCUT2D eigenvalue weighted by Gasteiger charge is -2.20. The summed E-state index contributed by atoms with van der Waals surface area (Å²) >= 11 is 0. The number of carbonyl (C=O) groups is 2. The number of hydrogen-bond acceptors (Lipinski definition) is 5. The minimum atomic E-state index is -0.845. The second-order valence-electron chi connectivity index (χ2n) is 23.9. The van der Waals surface area contributed by atoms with Crippen LogP contribution in [-0.4, -0.2) is 47.4 Å². The number of unbranched alkanes of at least 4 members (excludes halogenated alkanes) is 50. The Morgan fingerprint density at radius 3 is 0.922 bits per heavy atom. The van der Waals surface area contributed by atoms with Crippen LogP contribution in [0.4, 0.5) is 0 Å². The quantitative estimate of drug-likeness (QED) is 0.0320. The maximum atomic E-state index is 12.5. The van der Waals surface area contributed by atoms with E-state index in [9.17, 15) is 19.8 Å². The number of aliphatic hydroxyl groups excluding tert-OH is 2. The van der Waals surface area contributed by atoms with Gasteiger partial charge in [0.1, 0.15) is 0 Å². The second kappa shape index (κ2) is 66.6. The van der Waals surface area contributed by atoms with E-state index in [0.717, 1.165) is 38.5 Å². The summed E-state index contributed by atoms with van der Waals surface area (Å²) in [5, 5.41) is 23.1. The Morgan fingerprint density at radius 2 is 0.610 bits per heavy atom. The van der Waals surface area contributed by atoms with Gasteiger partial charge in [-0.3, -0.25) is 9.59 Å². The molecular formula is C71H135NO5. The van der Waals surface area contributed by atoms with Gasteiger partial charge in [0.15, 0.2) is 0 Å². The maximum absolute atomic E-state index is 12.5. The van der Waals surface area contributed by atoms with Crippen LogP contribution in [0, 0.1) is 0 Å². The van der Waals surface area contributed by atoms with E-state index in [1.54, 1.807) is 6.08 Å². The lowest BCUT2D eigenvalue weighted by molar-refractivity contribution is -0.143. The van der Waals surface area contributed by atoms with Crippen molar-refractivity contribution in [3.63, 3.8) is 0 Å². The first-order valence-electron chi connectivity index (χ1n) is 34.8. The van der Waals surface area contributed by atoms with Crippen LogP contribution >= 0.6 is 0 Å². The molecule has 0 saturated carbocycles. The third-order valence-corrected chi connectivity index (χ3v) is 16.1. The lowest BCUT2D eigenvalue weighted by atomic mass is 10.0. The van der Waals surface area contributed by atoms with Crippen LogP contribution in [0.2, 0.25) is 0 Å². The standard InChI is InChI=1S/C71H135NO5/c1-3-5-7-9-11-13-15-17-19-20-30-34-37-41-45-49-53-57-61-65-71(76)77-66-62-58-54-50-46-42-38-35-32-29-27-25-23-21-22-24-26-28-31-33-36-40-44-48-52-56-60-64-70(75)72-68(67-73)69(74)63-59-55-51-47-43-39-18-16-14-12-10-8-6-4-2/h17,19,21-22,59,63,68-69,73-74H,3-16,18,20,23-58,60-62,64-67H2,1-2H3,(H,72,75)/b19-17-,22-21-,63-59+. The molecule has 0 heterocycles. The summed E-state index contributed by atoms with van der Waals surface area (Å²) in [5.74, 6) is -0.0527. The first-order valence-corrected chi connectivity index (χ1v) is 34.8. The van der Waals surface area contributed by atoms with Crippen LogP contribution in [-0.2, 0) is 14.3 Å². The third kappa shape index (κ3) is 63.1. The van der Waals surface area contributed by atoms with E-state index in [1.807, 2.05) is 6.08 Å². The van der Waals surface area contributed by atoms with E-state index >= 15 is 0 Å². The molecule has 0 aliphatic rings. The maximum Gasteiger partial charge on any atom is 0.305 e. The molecule has 1 amide bonds. The first kappa shape index (κ1) is 75.1. The molecule has 0 aromatic carbocycles. The van der Waals surface area contributed by atoms with E-state index in [1.165, 1.54) is 315 Å². The predicted octanol–water partition coefficient (Wildman–Crippen LogP) is 22.3. The molecule has 6 nitrogen and oxygen atoms in total. The molecule has 6 heteroatoms. The molecule has 0 aromatic rings. The van der Waals surface area contributed by atoms with Gasteiger partial charge in [-0.25, -0.2) is 0 Å². The van der Waals surface area contributed by atoms with Gasteiger partial charge in [-0.05, 0) is 83.5 Å². The Morgan fingerprint density at radius 1 is 0.351 bits per heavy atom. The van der Waals surface area contributed by atoms with Crippen LogP contribution in [0.15, 0.2) is 36.5 Å². The molecule has 2 atom stereocenters. The molecule has 77 heavy (non-hydrogen) atoms.